The molecule has 0 atom stereocenters. The lowest BCUT2D eigenvalue weighted by atomic mass is 10.1. The molecule has 7 nitrogen and oxygen atoms in total. The van der Waals surface area contributed by atoms with Crippen LogP contribution in [0.25, 0.3) is 6.08 Å². The molecule has 1 saturated heterocycles. The molecule has 0 saturated carbocycles. The number of amidine groups is 1. The van der Waals surface area contributed by atoms with E-state index >= 15 is 0 Å². The Balaban J connectivity index is 1.57. The summed E-state index contributed by atoms with van der Waals surface area (Å²) in [6.07, 6.45) is 1.75. The molecule has 0 bridgehead atoms. The number of hydrogen-bond acceptors (Lipinski definition) is 6. The summed E-state index contributed by atoms with van der Waals surface area (Å²) in [5.74, 6) is -0.552. The predicted octanol–water partition coefficient (Wildman–Crippen LogP) is 6.50. The van der Waals surface area contributed by atoms with Crippen LogP contribution in [0.2, 0.25) is 0 Å². The van der Waals surface area contributed by atoms with Gasteiger partial charge in [0.1, 0.15) is 12.4 Å². The Morgan fingerprint density at radius 1 is 1.16 bits per heavy atom. The van der Waals surface area contributed by atoms with Crippen LogP contribution in [0.5, 0.6) is 11.5 Å². The van der Waals surface area contributed by atoms with Gasteiger partial charge in [-0.25, -0.2) is 14.2 Å². The van der Waals surface area contributed by atoms with E-state index < -0.39 is 5.97 Å². The molecular weight excluding hydrogens is 563 g/mol. The number of thioether (sulfide) groups is 1. The van der Waals surface area contributed by atoms with Crippen LogP contribution in [-0.2, 0) is 11.4 Å². The van der Waals surface area contributed by atoms with E-state index in [2.05, 4.69) is 20.9 Å². The van der Waals surface area contributed by atoms with Crippen LogP contribution < -0.4 is 9.47 Å². The average molecular weight is 585 g/mol. The molecular formula is C27H22BrFN2O5S. The van der Waals surface area contributed by atoms with Gasteiger partial charge >= 0.3 is 5.97 Å². The number of amides is 1. The van der Waals surface area contributed by atoms with Crippen molar-refractivity contribution < 1.29 is 28.6 Å². The molecule has 1 heterocycles. The highest BCUT2D eigenvalue weighted by Crippen LogP contribution is 2.40. The topological polar surface area (TPSA) is 88.4 Å². The summed E-state index contributed by atoms with van der Waals surface area (Å²) < 4.78 is 25.2. The highest BCUT2D eigenvalue weighted by molar-refractivity contribution is 9.10. The van der Waals surface area contributed by atoms with E-state index in [0.29, 0.717) is 38.3 Å². The van der Waals surface area contributed by atoms with Crippen LogP contribution >= 0.6 is 27.7 Å². The number of methoxy groups -OCH3 is 1. The minimum absolute atomic E-state index is 0.164. The van der Waals surface area contributed by atoms with Crippen LogP contribution in [0.3, 0.4) is 0 Å². The number of hydrogen-bond donors (Lipinski definition) is 1. The van der Waals surface area contributed by atoms with Crippen molar-refractivity contribution in [2.24, 2.45) is 4.99 Å². The third kappa shape index (κ3) is 6.20. The number of carbonyl (C=O) groups is 2. The lowest BCUT2D eigenvalue weighted by Gasteiger charge is -2.14. The van der Waals surface area contributed by atoms with Crippen molar-refractivity contribution in [3.05, 3.63) is 92.5 Å². The molecule has 37 heavy (non-hydrogen) atoms. The molecule has 1 fully saturated rings. The third-order valence-corrected chi connectivity index (χ3v) is 6.98. The zero-order valence-electron chi connectivity index (χ0n) is 19.9. The van der Waals surface area contributed by atoms with Crippen LogP contribution in [0, 0.1) is 5.82 Å². The number of benzene rings is 3. The highest BCUT2D eigenvalue weighted by Gasteiger charge is 2.32. The van der Waals surface area contributed by atoms with Gasteiger partial charge in [0.2, 0.25) is 0 Å². The molecule has 3 aromatic rings. The van der Waals surface area contributed by atoms with Crippen molar-refractivity contribution in [1.82, 2.24) is 4.90 Å². The predicted molar refractivity (Wildman–Crippen MR) is 145 cm³/mol. The van der Waals surface area contributed by atoms with Gasteiger partial charge in [-0.1, -0.05) is 12.1 Å². The summed E-state index contributed by atoms with van der Waals surface area (Å²) in [6.45, 7) is 2.51. The fourth-order valence-corrected chi connectivity index (χ4v) is 5.15. The second-order valence-electron chi connectivity index (χ2n) is 7.86. The molecule has 0 spiro atoms. The van der Waals surface area contributed by atoms with Crippen LogP contribution in [0.15, 0.2) is 75.0 Å². The van der Waals surface area contributed by atoms with Gasteiger partial charge in [0.15, 0.2) is 16.7 Å². The number of aliphatic imine (C=N–C) groups is 1. The van der Waals surface area contributed by atoms with Crippen LogP contribution in [0.4, 0.5) is 10.1 Å². The van der Waals surface area contributed by atoms with Crippen molar-refractivity contribution >= 4 is 56.5 Å². The first-order valence-electron chi connectivity index (χ1n) is 11.2. The van der Waals surface area contributed by atoms with Gasteiger partial charge in [-0.15, -0.1) is 0 Å². The van der Waals surface area contributed by atoms with Gasteiger partial charge < -0.3 is 14.6 Å². The number of carbonyl (C=O) groups excluding carboxylic acids is 1. The Bertz CT molecular complexity index is 1390. The van der Waals surface area contributed by atoms with Crippen LogP contribution in [-0.4, -0.2) is 40.7 Å². The number of rotatable bonds is 8. The zero-order chi connectivity index (χ0) is 26.5. The summed E-state index contributed by atoms with van der Waals surface area (Å²) in [7, 11) is 1.53. The normalized spacial score (nSPS) is 15.5. The number of aromatic carboxylic acids is 1. The third-order valence-electron chi connectivity index (χ3n) is 5.39. The second-order valence-corrected chi connectivity index (χ2v) is 9.72. The quantitative estimate of drug-likeness (QED) is 0.304. The molecule has 190 valence electrons. The number of likely N-dealkylation sites (N-methyl/N-ethyl adjacent to an activating group) is 1. The van der Waals surface area contributed by atoms with Crippen molar-refractivity contribution in [2.75, 3.05) is 13.7 Å². The van der Waals surface area contributed by atoms with Gasteiger partial charge in [-0.2, -0.15) is 0 Å². The molecule has 1 amide bonds. The fourth-order valence-electron chi connectivity index (χ4n) is 3.51. The average Bonchev–Trinajstić information content (AvgIpc) is 3.17. The Kier molecular flexibility index (Phi) is 8.30. The Hall–Kier alpha value is -3.63. The van der Waals surface area contributed by atoms with Crippen molar-refractivity contribution in [2.45, 2.75) is 13.5 Å². The lowest BCUT2D eigenvalue weighted by molar-refractivity contribution is -0.122. The summed E-state index contributed by atoms with van der Waals surface area (Å²) in [4.78, 5) is 30.7. The van der Waals surface area contributed by atoms with E-state index in [9.17, 15) is 14.0 Å². The van der Waals surface area contributed by atoms with Crippen LogP contribution in [0.1, 0.15) is 28.4 Å². The largest absolute Gasteiger partial charge is 0.493 e. The first-order chi connectivity index (χ1) is 17.8. The van der Waals surface area contributed by atoms with E-state index in [-0.39, 0.29) is 23.9 Å². The molecule has 0 radical (unpaired) electrons. The SMILES string of the molecule is CCN1C(=O)/C(=C/c2cc(Br)c(OCc3ccc(F)cc3)c(OC)c2)SC1=Nc1ccc(C(=O)O)cc1. The highest BCUT2D eigenvalue weighted by atomic mass is 79.9. The number of nitrogens with zero attached hydrogens (tertiary/aromatic N) is 2. The van der Waals surface area contributed by atoms with Crippen molar-refractivity contribution in [3.63, 3.8) is 0 Å². The first kappa shape index (κ1) is 26.4. The lowest BCUT2D eigenvalue weighted by Crippen LogP contribution is -2.28. The summed E-state index contributed by atoms with van der Waals surface area (Å²) >= 11 is 4.76. The van der Waals surface area contributed by atoms with E-state index in [1.54, 1.807) is 41.3 Å². The van der Waals surface area contributed by atoms with Gasteiger partial charge in [-0.05, 0) is 100 Å². The molecule has 0 unspecified atom stereocenters. The maximum Gasteiger partial charge on any atom is 0.335 e. The monoisotopic (exact) mass is 584 g/mol. The molecule has 0 aliphatic carbocycles. The number of halogens is 2. The Labute approximate surface area is 225 Å². The minimum Gasteiger partial charge on any atom is -0.493 e. The maximum absolute atomic E-state index is 13.2. The summed E-state index contributed by atoms with van der Waals surface area (Å²) in [5.41, 5.74) is 2.24. The Morgan fingerprint density at radius 3 is 2.49 bits per heavy atom. The van der Waals surface area contributed by atoms with E-state index in [0.717, 1.165) is 11.1 Å². The first-order valence-corrected chi connectivity index (χ1v) is 12.8. The Morgan fingerprint density at radius 2 is 1.86 bits per heavy atom. The zero-order valence-corrected chi connectivity index (χ0v) is 22.3. The molecule has 1 N–H and O–H groups in total. The molecule has 0 aromatic heterocycles. The van der Waals surface area contributed by atoms with E-state index in [1.165, 1.54) is 43.1 Å². The standard InChI is InChI=1S/C27H22BrFN2O5S/c1-3-31-25(32)23(37-27(31)30-20-10-6-18(7-11-20)26(33)34)14-17-12-21(28)24(22(13-17)35-2)36-15-16-4-8-19(29)9-5-16/h4-14H,3,15H2,1-2H3,(H,33,34)/b23-14-,30-27?. The molecule has 10 heteroatoms. The molecule has 3 aromatic carbocycles. The van der Waals surface area contributed by atoms with Gasteiger partial charge in [0.25, 0.3) is 5.91 Å². The summed E-state index contributed by atoms with van der Waals surface area (Å²) in [5, 5.41) is 9.59. The maximum atomic E-state index is 13.2. The van der Waals surface area contributed by atoms with Gasteiger partial charge in [0, 0.05) is 6.54 Å². The van der Waals surface area contributed by atoms with E-state index in [1.807, 2.05) is 13.0 Å². The molecule has 4 rings (SSSR count). The fraction of sp³-hybridized carbons (Fsp3) is 0.148. The van der Waals surface area contributed by atoms with Crippen molar-refractivity contribution in [3.8, 4) is 11.5 Å². The number of carboxylic acids is 1. The van der Waals surface area contributed by atoms with Crippen molar-refractivity contribution in [1.29, 1.82) is 0 Å². The molecule has 1 aliphatic heterocycles. The smallest absolute Gasteiger partial charge is 0.335 e. The minimum atomic E-state index is -1.02. The van der Waals surface area contributed by atoms with Gasteiger partial charge in [0.05, 0.1) is 27.7 Å². The number of ether oxygens (including phenoxy) is 2. The second kappa shape index (κ2) is 11.6. The molecule has 1 aliphatic rings. The van der Waals surface area contributed by atoms with E-state index in [4.69, 9.17) is 14.6 Å². The summed E-state index contributed by atoms with van der Waals surface area (Å²) in [6, 6.07) is 15.8. The van der Waals surface area contributed by atoms with Gasteiger partial charge in [-0.3, -0.25) is 9.69 Å². The number of carboxylic acid groups (broad SMARTS) is 1.